The second kappa shape index (κ2) is 24.5. The Bertz CT molecular complexity index is 1310. The van der Waals surface area contributed by atoms with E-state index in [1.807, 2.05) is 0 Å². The van der Waals surface area contributed by atoms with Crippen LogP contribution in [0.2, 0.25) is 0 Å². The molecule has 1 aliphatic heterocycles. The van der Waals surface area contributed by atoms with Crippen molar-refractivity contribution in [2.75, 3.05) is 45.8 Å². The molecule has 1 heterocycles. The van der Waals surface area contributed by atoms with Crippen molar-refractivity contribution in [2.24, 2.45) is 10.8 Å². The Morgan fingerprint density at radius 2 is 1.40 bits per heavy atom. The van der Waals surface area contributed by atoms with E-state index in [1.165, 1.54) is 44.2 Å². The summed E-state index contributed by atoms with van der Waals surface area (Å²) in [6.45, 7) is 9.74. The largest absolute Gasteiger partial charge is 0.445 e. The molecule has 5 N–H and O–H groups in total. The number of carbonyl (C=O) groups excluding carboxylic acids is 3. The van der Waals surface area contributed by atoms with Crippen molar-refractivity contribution in [3.63, 3.8) is 0 Å². The molecule has 3 amide bonds. The van der Waals surface area contributed by atoms with Crippen LogP contribution in [0.3, 0.4) is 0 Å². The lowest BCUT2D eigenvalue weighted by Gasteiger charge is -2.36. The average Bonchev–Trinajstić information content (AvgIpc) is 3.09. The first-order chi connectivity index (χ1) is 25.2. The molecule has 53 heavy (non-hydrogen) atoms. The van der Waals surface area contributed by atoms with Crippen molar-refractivity contribution in [1.29, 1.82) is 0 Å². The Morgan fingerprint density at radius 1 is 0.830 bits per heavy atom. The predicted octanol–water partition coefficient (Wildman–Crippen LogP) is 4.64. The third kappa shape index (κ3) is 20.8. The molecule has 1 fully saturated rings. The van der Waals surface area contributed by atoms with E-state index in [4.69, 9.17) is 15.2 Å². The van der Waals surface area contributed by atoms with Gasteiger partial charge in [0.2, 0.25) is 5.91 Å². The van der Waals surface area contributed by atoms with Gasteiger partial charge in [-0.2, -0.15) is 0 Å². The van der Waals surface area contributed by atoms with Gasteiger partial charge in [-0.3, -0.25) is 19.8 Å². The minimum atomic E-state index is -0.895. The molecule has 2 rings (SSSR count). The number of non-ortho nitro benzene ring substituents is 1. The predicted molar refractivity (Wildman–Crippen MR) is 199 cm³/mol. The van der Waals surface area contributed by atoms with E-state index in [2.05, 4.69) is 26.0 Å². The van der Waals surface area contributed by atoms with Crippen LogP contribution in [0.1, 0.15) is 103 Å². The molecule has 298 valence electrons. The first-order valence-corrected chi connectivity index (χ1v) is 18.6. The standard InChI is InChI=1S/C35H59N9O9/c1-35(2,3)53-34(47)39-30(15-14-21-37-32(36)40-44(50)51)31(45)42-25-23-41(24-26-42)22-13-11-9-7-5-4-6-8-10-12-20-38-33(46)52-27-28-16-18-29(19-17-28)43(48)49/h16-19,30H,4-15,20-27H2,1-3H3,(H,38,46)(H,39,47)(H3,36,37,40)/t30-/m0/s1. The van der Waals surface area contributed by atoms with Gasteiger partial charge in [-0.05, 0) is 70.7 Å². The number of amides is 3. The van der Waals surface area contributed by atoms with Crippen LogP contribution in [0.15, 0.2) is 29.4 Å². The van der Waals surface area contributed by atoms with Gasteiger partial charge < -0.3 is 36.1 Å². The van der Waals surface area contributed by atoms with Crippen LogP contribution in [0.5, 0.6) is 0 Å². The number of alkyl carbamates (subject to hydrolysis) is 2. The zero-order valence-corrected chi connectivity index (χ0v) is 31.5. The number of piperazine rings is 1. The number of nitro benzene ring substituents is 1. The molecule has 0 saturated carbocycles. The molecular formula is C35H59N9O9. The van der Waals surface area contributed by atoms with E-state index in [0.29, 0.717) is 38.0 Å². The fourth-order valence-corrected chi connectivity index (χ4v) is 5.74. The van der Waals surface area contributed by atoms with Gasteiger partial charge in [-0.15, -0.1) is 0 Å². The molecule has 0 aromatic heterocycles. The van der Waals surface area contributed by atoms with Gasteiger partial charge in [0.25, 0.3) is 11.6 Å². The number of hydrogen-bond acceptors (Lipinski definition) is 10. The number of nitro groups is 2. The minimum Gasteiger partial charge on any atom is -0.445 e. The fraction of sp³-hybridized carbons (Fsp3) is 0.714. The van der Waals surface area contributed by atoms with Crippen LogP contribution in [0.25, 0.3) is 0 Å². The molecule has 0 spiro atoms. The molecule has 0 radical (unpaired) electrons. The van der Waals surface area contributed by atoms with Crippen molar-refractivity contribution in [3.8, 4) is 0 Å². The molecule has 0 bridgehead atoms. The normalized spacial score (nSPS) is 14.2. The fourth-order valence-electron chi connectivity index (χ4n) is 5.74. The molecule has 1 aliphatic rings. The maximum atomic E-state index is 13.4. The summed E-state index contributed by atoms with van der Waals surface area (Å²) in [5, 5.41) is 31.3. The first-order valence-electron chi connectivity index (χ1n) is 18.6. The summed E-state index contributed by atoms with van der Waals surface area (Å²) >= 11 is 0. The lowest BCUT2D eigenvalue weighted by Crippen LogP contribution is -2.55. The van der Waals surface area contributed by atoms with Crippen LogP contribution in [0.4, 0.5) is 15.3 Å². The van der Waals surface area contributed by atoms with E-state index in [1.54, 1.807) is 37.8 Å². The highest BCUT2D eigenvalue weighted by Gasteiger charge is 2.30. The van der Waals surface area contributed by atoms with Gasteiger partial charge in [-0.25, -0.2) is 19.7 Å². The molecule has 1 aromatic carbocycles. The molecule has 18 nitrogen and oxygen atoms in total. The summed E-state index contributed by atoms with van der Waals surface area (Å²) < 4.78 is 10.5. The second-order valence-corrected chi connectivity index (χ2v) is 14.1. The first kappa shape index (κ1) is 44.4. The highest BCUT2D eigenvalue weighted by Crippen LogP contribution is 2.15. The summed E-state index contributed by atoms with van der Waals surface area (Å²) in [6.07, 6.45) is 10.8. The zero-order valence-electron chi connectivity index (χ0n) is 31.5. The molecule has 1 atom stereocenters. The number of carbonyl (C=O) groups is 3. The van der Waals surface area contributed by atoms with Gasteiger partial charge in [0.1, 0.15) is 23.4 Å². The molecule has 0 aliphatic carbocycles. The van der Waals surface area contributed by atoms with Crippen molar-refractivity contribution in [1.82, 2.24) is 25.8 Å². The quantitative estimate of drug-likeness (QED) is 0.0394. The van der Waals surface area contributed by atoms with Crippen LogP contribution in [0, 0.1) is 20.2 Å². The summed E-state index contributed by atoms with van der Waals surface area (Å²) in [5.74, 6) is -0.509. The SMILES string of the molecule is CC(C)(C)OC(=O)N[C@@H](CCCN/C(N)=N/[N+](=O)[O-])C(=O)N1CCN(CCCCCCCCCCCCNC(=O)OCc2ccc([N+](=O)[O-])cc2)CC1. The Morgan fingerprint density at radius 3 is 1.96 bits per heavy atom. The molecule has 1 saturated heterocycles. The number of guanidine groups is 1. The summed E-state index contributed by atoms with van der Waals surface area (Å²) in [6, 6.07) is 5.11. The van der Waals surface area contributed by atoms with Crippen LogP contribution < -0.4 is 21.7 Å². The topological polar surface area (TPSA) is 237 Å². The summed E-state index contributed by atoms with van der Waals surface area (Å²) in [4.78, 5) is 62.6. The number of nitrogens with zero attached hydrogens (tertiary/aromatic N) is 5. The van der Waals surface area contributed by atoms with E-state index in [0.717, 1.165) is 51.7 Å². The van der Waals surface area contributed by atoms with Crippen molar-refractivity contribution in [3.05, 3.63) is 50.1 Å². The lowest BCUT2D eigenvalue weighted by molar-refractivity contribution is -0.485. The number of nitrogens with two attached hydrogens (primary N) is 1. The smallest absolute Gasteiger partial charge is 0.408 e. The maximum absolute atomic E-state index is 13.4. The maximum Gasteiger partial charge on any atom is 0.408 e. The molecule has 18 heteroatoms. The van der Waals surface area contributed by atoms with E-state index in [-0.39, 0.29) is 30.7 Å². The highest BCUT2D eigenvalue weighted by molar-refractivity contribution is 5.86. The molecule has 1 aromatic rings. The lowest BCUT2D eigenvalue weighted by atomic mass is 10.1. The number of rotatable bonds is 23. The van der Waals surface area contributed by atoms with Gasteiger partial charge >= 0.3 is 12.2 Å². The van der Waals surface area contributed by atoms with Gasteiger partial charge in [0, 0.05) is 51.4 Å². The monoisotopic (exact) mass is 749 g/mol. The van der Waals surface area contributed by atoms with E-state index >= 15 is 0 Å². The Kier molecular flexibility index (Phi) is 20.5. The van der Waals surface area contributed by atoms with Crippen LogP contribution in [-0.4, -0.2) is 101 Å². The van der Waals surface area contributed by atoms with E-state index < -0.39 is 33.8 Å². The number of benzene rings is 1. The van der Waals surface area contributed by atoms with Gasteiger partial charge in [0.15, 0.2) is 5.03 Å². The average molecular weight is 750 g/mol. The highest BCUT2D eigenvalue weighted by atomic mass is 16.7. The molecule has 0 unspecified atom stereocenters. The second-order valence-electron chi connectivity index (χ2n) is 14.1. The van der Waals surface area contributed by atoms with E-state index in [9.17, 15) is 34.6 Å². The van der Waals surface area contributed by atoms with Crippen molar-refractivity contribution in [2.45, 2.75) is 116 Å². The number of hydrazone groups is 1. The number of ether oxygens (including phenoxy) is 2. The molecular weight excluding hydrogens is 690 g/mol. The van der Waals surface area contributed by atoms with Crippen LogP contribution in [-0.2, 0) is 20.9 Å². The van der Waals surface area contributed by atoms with Gasteiger partial charge in [0.05, 0.1) is 4.92 Å². The van der Waals surface area contributed by atoms with Crippen LogP contribution >= 0.6 is 0 Å². The minimum absolute atomic E-state index is 0.00280. The zero-order chi connectivity index (χ0) is 39.1. The summed E-state index contributed by atoms with van der Waals surface area (Å²) in [5.41, 5.74) is 5.43. The number of hydrogen-bond donors (Lipinski definition) is 4. The number of unbranched alkanes of at least 4 members (excludes halogenated alkanes) is 9. The number of nitrogens with one attached hydrogen (secondary N) is 3. The van der Waals surface area contributed by atoms with Crippen molar-refractivity contribution < 1.29 is 33.8 Å². The van der Waals surface area contributed by atoms with Crippen molar-refractivity contribution >= 4 is 29.7 Å². The Labute approximate surface area is 311 Å². The Hall–Kier alpha value is -4.74. The third-order valence-corrected chi connectivity index (χ3v) is 8.53. The third-order valence-electron chi connectivity index (χ3n) is 8.53. The van der Waals surface area contributed by atoms with Gasteiger partial charge in [-0.1, -0.05) is 51.4 Å². The summed E-state index contributed by atoms with van der Waals surface area (Å²) in [7, 11) is 0. The Balaban J connectivity index is 1.51.